The van der Waals surface area contributed by atoms with Gasteiger partial charge in [0.2, 0.25) is 0 Å². The Morgan fingerprint density at radius 3 is 2.12 bits per heavy atom. The van der Waals surface area contributed by atoms with Gasteiger partial charge in [-0.05, 0) is 27.7 Å². The lowest BCUT2D eigenvalue weighted by atomic mass is 10.1. The Morgan fingerprint density at radius 2 is 1.58 bits per heavy atom. The molecule has 5 saturated heterocycles. The number of hydrogen-bond donors (Lipinski definition) is 0. The molecule has 0 amide bonds. The first-order chi connectivity index (χ1) is 12.2. The van der Waals surface area contributed by atoms with Crippen molar-refractivity contribution in [3.63, 3.8) is 0 Å². The van der Waals surface area contributed by atoms with Crippen molar-refractivity contribution in [2.24, 2.45) is 0 Å². The summed E-state index contributed by atoms with van der Waals surface area (Å²) in [4.78, 5) is 0. The third-order valence-corrected chi connectivity index (χ3v) is 7.99. The van der Waals surface area contributed by atoms with E-state index in [-0.39, 0.29) is 6.10 Å². The van der Waals surface area contributed by atoms with E-state index in [1.807, 2.05) is 37.0 Å². The fourth-order valence-corrected chi connectivity index (χ4v) is 6.24. The molecule has 5 aliphatic heterocycles. The van der Waals surface area contributed by atoms with Crippen LogP contribution in [0.25, 0.3) is 0 Å². The minimum atomic E-state index is -3.04. The highest BCUT2D eigenvalue weighted by atomic mass is 31.2. The van der Waals surface area contributed by atoms with Gasteiger partial charge in [0.15, 0.2) is 17.9 Å². The summed E-state index contributed by atoms with van der Waals surface area (Å²) in [5.41, 5.74) is 0. The summed E-state index contributed by atoms with van der Waals surface area (Å²) in [5.74, 6) is -1.45. The molecule has 0 saturated carbocycles. The van der Waals surface area contributed by atoms with Gasteiger partial charge in [0.1, 0.15) is 24.4 Å². The monoisotopic (exact) mass is 390 g/mol. The first kappa shape index (κ1) is 18.0. The summed E-state index contributed by atoms with van der Waals surface area (Å²) in [7, 11) is -3.04. The van der Waals surface area contributed by atoms with Gasteiger partial charge in [-0.1, -0.05) is 0 Å². The molecule has 0 radical (unpaired) electrons. The zero-order valence-corrected chi connectivity index (χ0v) is 16.5. The van der Waals surface area contributed by atoms with Gasteiger partial charge in [-0.15, -0.1) is 0 Å². The molecule has 10 heteroatoms. The van der Waals surface area contributed by atoms with Crippen LogP contribution in [0.5, 0.6) is 0 Å². The third kappa shape index (κ3) is 3.07. The van der Waals surface area contributed by atoms with Crippen LogP contribution in [0.2, 0.25) is 0 Å². The standard InChI is InChI=1S/C16H27N2O7P/c1-15(2)20-9-10(22-15)11-12(13-14(21-11)24-16(3,4)23-13)25-26(19,17-5-6-17)18-7-8-18/h10-14H,5-9H2,1-4H3/t10-,11+,12-,13+,14-/m1/s1. The van der Waals surface area contributed by atoms with Crippen LogP contribution < -0.4 is 0 Å². The summed E-state index contributed by atoms with van der Waals surface area (Å²) >= 11 is 0. The normalized spacial score (nSPS) is 44.4. The minimum Gasteiger partial charge on any atom is -0.348 e. The lowest BCUT2D eigenvalue weighted by Gasteiger charge is -2.31. The van der Waals surface area contributed by atoms with E-state index in [1.165, 1.54) is 0 Å². The van der Waals surface area contributed by atoms with Gasteiger partial charge in [-0.3, -0.25) is 9.09 Å². The Bertz CT molecular complexity index is 620. The maximum atomic E-state index is 13.5. The van der Waals surface area contributed by atoms with E-state index in [9.17, 15) is 4.57 Å². The number of fused-ring (bicyclic) bond motifs is 1. The van der Waals surface area contributed by atoms with Crippen LogP contribution >= 0.6 is 7.67 Å². The zero-order valence-electron chi connectivity index (χ0n) is 15.6. The van der Waals surface area contributed by atoms with Crippen LogP contribution in [0.15, 0.2) is 0 Å². The van der Waals surface area contributed by atoms with E-state index in [1.54, 1.807) is 0 Å². The predicted octanol–water partition coefficient (Wildman–Crippen LogP) is 1.14. The number of rotatable bonds is 5. The molecule has 0 unspecified atom stereocenters. The predicted molar refractivity (Wildman–Crippen MR) is 89.2 cm³/mol. The van der Waals surface area contributed by atoms with E-state index in [4.69, 9.17) is 28.2 Å². The van der Waals surface area contributed by atoms with E-state index in [0.717, 1.165) is 26.2 Å². The number of ether oxygens (including phenoxy) is 5. The summed E-state index contributed by atoms with van der Waals surface area (Å²) in [6, 6.07) is 0. The smallest absolute Gasteiger partial charge is 0.346 e. The van der Waals surface area contributed by atoms with Crippen molar-refractivity contribution in [2.75, 3.05) is 32.8 Å². The summed E-state index contributed by atoms with van der Waals surface area (Å²) in [5, 5.41) is 0. The third-order valence-electron chi connectivity index (χ3n) is 5.24. The van der Waals surface area contributed by atoms with E-state index < -0.39 is 43.8 Å². The molecule has 0 spiro atoms. The molecule has 148 valence electrons. The van der Waals surface area contributed by atoms with E-state index >= 15 is 0 Å². The molecule has 0 aliphatic carbocycles. The highest BCUT2D eigenvalue weighted by molar-refractivity contribution is 7.54. The Balaban J connectivity index is 1.41. The average Bonchev–Trinajstić information content (AvgIpc) is 3.43. The Morgan fingerprint density at radius 1 is 0.923 bits per heavy atom. The molecule has 26 heavy (non-hydrogen) atoms. The van der Waals surface area contributed by atoms with Crippen molar-refractivity contribution in [1.82, 2.24) is 9.34 Å². The van der Waals surface area contributed by atoms with Crippen LogP contribution in [0.1, 0.15) is 27.7 Å². The van der Waals surface area contributed by atoms with Crippen LogP contribution in [-0.2, 0) is 32.8 Å². The molecule has 0 bridgehead atoms. The van der Waals surface area contributed by atoms with Gasteiger partial charge >= 0.3 is 7.67 Å². The molecule has 5 rings (SSSR count). The van der Waals surface area contributed by atoms with Gasteiger partial charge in [0.05, 0.1) is 6.61 Å². The molecule has 5 fully saturated rings. The second kappa shape index (κ2) is 5.72. The molecule has 5 heterocycles. The van der Waals surface area contributed by atoms with Crippen molar-refractivity contribution >= 4 is 7.67 Å². The van der Waals surface area contributed by atoms with Crippen molar-refractivity contribution in [3.05, 3.63) is 0 Å². The van der Waals surface area contributed by atoms with E-state index in [2.05, 4.69) is 0 Å². The topological polar surface area (TPSA) is 78.5 Å². The van der Waals surface area contributed by atoms with Gasteiger partial charge in [-0.2, -0.15) is 0 Å². The molecule has 5 atom stereocenters. The van der Waals surface area contributed by atoms with Crippen LogP contribution in [0, 0.1) is 0 Å². The Hall–Kier alpha value is -0.0900. The summed E-state index contributed by atoms with van der Waals surface area (Å²) < 4.78 is 53.3. The molecular weight excluding hydrogens is 363 g/mol. The van der Waals surface area contributed by atoms with E-state index in [0.29, 0.717) is 6.61 Å². The van der Waals surface area contributed by atoms with Crippen LogP contribution in [0.3, 0.4) is 0 Å². The highest BCUT2D eigenvalue weighted by Gasteiger charge is 2.62. The first-order valence-electron chi connectivity index (χ1n) is 9.29. The summed E-state index contributed by atoms with van der Waals surface area (Å²) in [6.45, 7) is 11.0. The van der Waals surface area contributed by atoms with Crippen LogP contribution in [0.4, 0.5) is 0 Å². The SMILES string of the molecule is CC1(C)O[C@H]2O[C@@H]([C@H]3COC(C)(C)O3)[C@@H](OP(=O)(N3CC3)N3CC3)[C@@H]2O1. The van der Waals surface area contributed by atoms with Gasteiger partial charge in [0, 0.05) is 26.2 Å². The Labute approximate surface area is 153 Å². The largest absolute Gasteiger partial charge is 0.348 e. The van der Waals surface area contributed by atoms with Crippen molar-refractivity contribution in [1.29, 1.82) is 0 Å². The zero-order chi connectivity index (χ0) is 18.3. The molecule has 0 aromatic heterocycles. The lowest BCUT2D eigenvalue weighted by Crippen LogP contribution is -2.44. The fourth-order valence-electron chi connectivity index (χ4n) is 3.87. The van der Waals surface area contributed by atoms with Crippen molar-refractivity contribution < 1.29 is 32.8 Å². The lowest BCUT2D eigenvalue weighted by molar-refractivity contribution is -0.230. The van der Waals surface area contributed by atoms with Crippen molar-refractivity contribution in [3.8, 4) is 0 Å². The summed E-state index contributed by atoms with van der Waals surface area (Å²) in [6.07, 6.45) is -2.35. The highest BCUT2D eigenvalue weighted by Crippen LogP contribution is 2.63. The maximum absolute atomic E-state index is 13.5. The van der Waals surface area contributed by atoms with Gasteiger partial charge in [-0.25, -0.2) is 9.34 Å². The molecular formula is C16H27N2O7P. The maximum Gasteiger partial charge on any atom is 0.346 e. The van der Waals surface area contributed by atoms with Crippen molar-refractivity contribution in [2.45, 2.75) is 70.0 Å². The quantitative estimate of drug-likeness (QED) is 0.507. The average molecular weight is 390 g/mol. The van der Waals surface area contributed by atoms with Gasteiger partial charge in [0.25, 0.3) is 0 Å². The fraction of sp³-hybridized carbons (Fsp3) is 1.00. The Kier molecular flexibility index (Phi) is 3.95. The molecule has 5 aliphatic rings. The second-order valence-corrected chi connectivity index (χ2v) is 10.7. The number of nitrogens with zero attached hydrogens (tertiary/aromatic N) is 2. The molecule has 0 aromatic carbocycles. The van der Waals surface area contributed by atoms with Gasteiger partial charge < -0.3 is 23.7 Å². The molecule has 9 nitrogen and oxygen atoms in total. The molecule has 0 aromatic rings. The van der Waals surface area contributed by atoms with Crippen LogP contribution in [-0.4, -0.2) is 84.4 Å². The first-order valence-corrected chi connectivity index (χ1v) is 10.8. The number of hydrogen-bond acceptors (Lipinski definition) is 7. The molecule has 0 N–H and O–H groups in total. The second-order valence-electron chi connectivity index (χ2n) is 8.40. The minimum absolute atomic E-state index is 0.326.